The maximum absolute atomic E-state index is 11.3. The molecule has 4 N–H and O–H groups in total. The van der Waals surface area contributed by atoms with Gasteiger partial charge < -0.3 is 25.6 Å². The van der Waals surface area contributed by atoms with Crippen molar-refractivity contribution >= 4 is 17.7 Å². The maximum atomic E-state index is 11.3. The molecule has 0 saturated heterocycles. The number of phenols is 1. The molecule has 0 unspecified atom stereocenters. The summed E-state index contributed by atoms with van der Waals surface area (Å²) in [5, 5.41) is 23.1. The van der Waals surface area contributed by atoms with E-state index >= 15 is 0 Å². The molecule has 0 saturated carbocycles. The largest absolute Gasteiger partial charge is 0.507 e. The molecule has 98 valence electrons. The van der Waals surface area contributed by atoms with Crippen LogP contribution in [0.25, 0.3) is 0 Å². The second kappa shape index (κ2) is 6.45. The summed E-state index contributed by atoms with van der Waals surface area (Å²) in [4.78, 5) is 22.0. The van der Waals surface area contributed by atoms with Gasteiger partial charge in [0.2, 0.25) is 0 Å². The van der Waals surface area contributed by atoms with E-state index in [1.54, 1.807) is 0 Å². The maximum Gasteiger partial charge on any atom is 0.339 e. The van der Waals surface area contributed by atoms with Crippen LogP contribution >= 0.6 is 0 Å². The number of carboxylic acid groups (broad SMARTS) is 1. The van der Waals surface area contributed by atoms with E-state index in [-0.39, 0.29) is 5.56 Å². The zero-order chi connectivity index (χ0) is 13.5. The van der Waals surface area contributed by atoms with Crippen LogP contribution in [-0.2, 0) is 4.74 Å². The van der Waals surface area contributed by atoms with Gasteiger partial charge in [0.1, 0.15) is 11.3 Å². The molecule has 0 heterocycles. The minimum Gasteiger partial charge on any atom is -0.507 e. The minimum atomic E-state index is -1.23. The molecule has 0 aromatic heterocycles. The number of aromatic carboxylic acids is 1. The number of urea groups is 1. The highest BCUT2D eigenvalue weighted by Gasteiger charge is 2.10. The summed E-state index contributed by atoms with van der Waals surface area (Å²) >= 11 is 0. The molecular weight excluding hydrogens is 240 g/mol. The van der Waals surface area contributed by atoms with E-state index in [1.165, 1.54) is 25.3 Å². The summed E-state index contributed by atoms with van der Waals surface area (Å²) in [6.07, 6.45) is 0. The molecule has 1 aromatic rings. The predicted octanol–water partition coefficient (Wildman–Crippen LogP) is 0.858. The molecule has 0 radical (unpaired) electrons. The number of amides is 2. The summed E-state index contributed by atoms with van der Waals surface area (Å²) < 4.78 is 4.76. The van der Waals surface area contributed by atoms with Gasteiger partial charge in [-0.2, -0.15) is 0 Å². The molecular formula is C11H14N2O5. The first-order valence-corrected chi connectivity index (χ1v) is 5.14. The zero-order valence-electron chi connectivity index (χ0n) is 9.77. The van der Waals surface area contributed by atoms with Crippen molar-refractivity contribution in [1.82, 2.24) is 5.32 Å². The number of methoxy groups -OCH3 is 1. The fourth-order valence-electron chi connectivity index (χ4n) is 1.23. The summed E-state index contributed by atoms with van der Waals surface area (Å²) in [6, 6.07) is 3.30. The number of ether oxygens (including phenoxy) is 1. The quantitative estimate of drug-likeness (QED) is 0.583. The van der Waals surface area contributed by atoms with E-state index in [4.69, 9.17) is 9.84 Å². The summed E-state index contributed by atoms with van der Waals surface area (Å²) in [6.45, 7) is 0.734. The van der Waals surface area contributed by atoms with Crippen molar-refractivity contribution in [3.8, 4) is 5.75 Å². The molecule has 7 nitrogen and oxygen atoms in total. The first kappa shape index (κ1) is 13.8. The Balaban J connectivity index is 2.60. The van der Waals surface area contributed by atoms with Crippen LogP contribution in [0.4, 0.5) is 10.5 Å². The van der Waals surface area contributed by atoms with Gasteiger partial charge in [-0.05, 0) is 12.1 Å². The van der Waals surface area contributed by atoms with Crippen molar-refractivity contribution in [3.05, 3.63) is 23.8 Å². The number of rotatable bonds is 5. The second-order valence-corrected chi connectivity index (χ2v) is 3.41. The van der Waals surface area contributed by atoms with E-state index in [1.807, 2.05) is 0 Å². The number of hydrogen-bond acceptors (Lipinski definition) is 4. The Hall–Kier alpha value is -2.28. The van der Waals surface area contributed by atoms with E-state index in [9.17, 15) is 14.7 Å². The Morgan fingerprint density at radius 2 is 2.11 bits per heavy atom. The fourth-order valence-corrected chi connectivity index (χ4v) is 1.23. The highest BCUT2D eigenvalue weighted by Crippen LogP contribution is 2.21. The van der Waals surface area contributed by atoms with E-state index in [0.717, 1.165) is 0 Å². The topological polar surface area (TPSA) is 108 Å². The Labute approximate surface area is 103 Å². The van der Waals surface area contributed by atoms with Gasteiger partial charge >= 0.3 is 12.0 Å². The lowest BCUT2D eigenvalue weighted by atomic mass is 10.2. The second-order valence-electron chi connectivity index (χ2n) is 3.41. The van der Waals surface area contributed by atoms with Crippen LogP contribution in [0.2, 0.25) is 0 Å². The zero-order valence-corrected chi connectivity index (χ0v) is 9.77. The number of carbonyl (C=O) groups is 2. The molecule has 1 rings (SSSR count). The molecule has 2 amide bonds. The average molecular weight is 254 g/mol. The minimum absolute atomic E-state index is 0.222. The molecule has 0 aliphatic rings. The smallest absolute Gasteiger partial charge is 0.339 e. The Bertz CT molecular complexity index is 447. The van der Waals surface area contributed by atoms with Crippen LogP contribution in [0.1, 0.15) is 10.4 Å². The van der Waals surface area contributed by atoms with Crippen molar-refractivity contribution in [2.24, 2.45) is 0 Å². The van der Waals surface area contributed by atoms with Crippen LogP contribution < -0.4 is 10.6 Å². The van der Waals surface area contributed by atoms with E-state index in [2.05, 4.69) is 10.6 Å². The van der Waals surface area contributed by atoms with Gasteiger partial charge in [-0.3, -0.25) is 0 Å². The molecule has 7 heteroatoms. The summed E-state index contributed by atoms with van der Waals surface area (Å²) in [5.41, 5.74) is 0.0766. The van der Waals surface area contributed by atoms with Gasteiger partial charge in [-0.1, -0.05) is 0 Å². The van der Waals surface area contributed by atoms with E-state index in [0.29, 0.717) is 18.8 Å². The summed E-state index contributed by atoms with van der Waals surface area (Å²) in [7, 11) is 1.52. The van der Waals surface area contributed by atoms with E-state index < -0.39 is 17.7 Å². The monoisotopic (exact) mass is 254 g/mol. The fraction of sp³-hybridized carbons (Fsp3) is 0.273. The molecule has 0 spiro atoms. The Kier molecular flexibility index (Phi) is 4.94. The lowest BCUT2D eigenvalue weighted by molar-refractivity contribution is 0.0694. The number of hydrogen-bond donors (Lipinski definition) is 4. The Morgan fingerprint density at radius 3 is 2.67 bits per heavy atom. The van der Waals surface area contributed by atoms with Gasteiger partial charge in [-0.15, -0.1) is 0 Å². The Morgan fingerprint density at radius 1 is 1.39 bits per heavy atom. The number of carboxylic acids is 1. The number of aromatic hydroxyl groups is 1. The van der Waals surface area contributed by atoms with Gasteiger partial charge in [0.15, 0.2) is 0 Å². The molecule has 0 atom stereocenters. The molecule has 18 heavy (non-hydrogen) atoms. The number of benzene rings is 1. The van der Waals surface area contributed by atoms with Crippen molar-refractivity contribution < 1.29 is 24.5 Å². The van der Waals surface area contributed by atoms with Crippen molar-refractivity contribution in [2.75, 3.05) is 25.6 Å². The average Bonchev–Trinajstić information content (AvgIpc) is 2.28. The van der Waals surface area contributed by atoms with Gasteiger partial charge in [0.25, 0.3) is 0 Å². The van der Waals surface area contributed by atoms with Crippen molar-refractivity contribution in [3.63, 3.8) is 0 Å². The van der Waals surface area contributed by atoms with Crippen LogP contribution in [-0.4, -0.2) is 42.5 Å². The highest BCUT2D eigenvalue weighted by atomic mass is 16.5. The number of anilines is 1. The molecule has 0 bridgehead atoms. The normalized spacial score (nSPS) is 9.83. The molecule has 0 aliphatic heterocycles. The van der Waals surface area contributed by atoms with Gasteiger partial charge in [0.05, 0.1) is 6.61 Å². The van der Waals surface area contributed by atoms with Crippen LogP contribution in [0, 0.1) is 0 Å². The third-order valence-corrected chi connectivity index (χ3v) is 2.08. The molecule has 0 fully saturated rings. The molecule has 0 aliphatic carbocycles. The highest BCUT2D eigenvalue weighted by molar-refractivity contribution is 5.93. The third kappa shape index (κ3) is 3.95. The standard InChI is InChI=1S/C11H14N2O5/c1-18-5-4-12-11(17)13-7-2-3-8(10(15)16)9(14)6-7/h2-3,6,14H,4-5H2,1H3,(H,15,16)(H2,12,13,17). The lowest BCUT2D eigenvalue weighted by Crippen LogP contribution is -2.31. The first-order chi connectivity index (χ1) is 8.54. The van der Waals surface area contributed by atoms with Gasteiger partial charge in [0, 0.05) is 25.4 Å². The number of nitrogens with one attached hydrogen (secondary N) is 2. The third-order valence-electron chi connectivity index (χ3n) is 2.08. The lowest BCUT2D eigenvalue weighted by Gasteiger charge is -2.08. The van der Waals surface area contributed by atoms with Crippen LogP contribution in [0.3, 0.4) is 0 Å². The first-order valence-electron chi connectivity index (χ1n) is 5.14. The van der Waals surface area contributed by atoms with Crippen LogP contribution in [0.5, 0.6) is 5.75 Å². The van der Waals surface area contributed by atoms with Gasteiger partial charge in [-0.25, -0.2) is 9.59 Å². The van der Waals surface area contributed by atoms with Crippen molar-refractivity contribution in [2.45, 2.75) is 0 Å². The van der Waals surface area contributed by atoms with Crippen molar-refractivity contribution in [1.29, 1.82) is 0 Å². The van der Waals surface area contributed by atoms with Crippen LogP contribution in [0.15, 0.2) is 18.2 Å². The number of carbonyl (C=O) groups excluding carboxylic acids is 1. The SMILES string of the molecule is COCCNC(=O)Nc1ccc(C(=O)O)c(O)c1. The predicted molar refractivity (Wildman–Crippen MR) is 64.0 cm³/mol. The molecule has 1 aromatic carbocycles. The summed E-state index contributed by atoms with van der Waals surface area (Å²) in [5.74, 6) is -1.64.